The Morgan fingerprint density at radius 2 is 1.82 bits per heavy atom. The average Bonchev–Trinajstić information content (AvgIpc) is 2.74. The smallest absolute Gasteiger partial charge is 0.126 e. The summed E-state index contributed by atoms with van der Waals surface area (Å²) in [5.41, 5.74) is 3.96. The first-order chi connectivity index (χ1) is 13.6. The molecule has 0 fully saturated rings. The van der Waals surface area contributed by atoms with E-state index >= 15 is 0 Å². The van der Waals surface area contributed by atoms with Gasteiger partial charge in [-0.15, -0.1) is 0 Å². The maximum absolute atomic E-state index is 10.4. The van der Waals surface area contributed by atoms with Gasteiger partial charge >= 0.3 is 0 Å². The molecule has 2 atom stereocenters. The van der Waals surface area contributed by atoms with Crippen LogP contribution in [-0.4, -0.2) is 17.9 Å². The van der Waals surface area contributed by atoms with Crippen LogP contribution in [0.25, 0.3) is 0 Å². The number of aromatic hydroxyl groups is 1. The van der Waals surface area contributed by atoms with Gasteiger partial charge in [-0.25, -0.2) is 0 Å². The molecule has 5 heteroatoms. The Kier molecular flexibility index (Phi) is 5.46. The van der Waals surface area contributed by atoms with Crippen LogP contribution in [0.3, 0.4) is 0 Å². The van der Waals surface area contributed by atoms with Crippen LogP contribution < -0.4 is 10.1 Å². The van der Waals surface area contributed by atoms with Gasteiger partial charge in [0.1, 0.15) is 17.7 Å². The lowest BCUT2D eigenvalue weighted by Gasteiger charge is -2.31. The van der Waals surface area contributed by atoms with Gasteiger partial charge in [-0.3, -0.25) is 10.3 Å². The molecule has 2 N–H and O–H groups in total. The first-order valence-corrected chi connectivity index (χ1v) is 9.94. The number of rotatable bonds is 4. The van der Waals surface area contributed by atoms with Gasteiger partial charge in [-0.1, -0.05) is 58.4 Å². The molecule has 0 radical (unpaired) electrons. The van der Waals surface area contributed by atoms with Crippen molar-refractivity contribution in [2.45, 2.75) is 18.6 Å². The third-order valence-electron chi connectivity index (χ3n) is 4.94. The molecule has 0 bridgehead atoms. The Hall–Kier alpha value is -2.63. The maximum atomic E-state index is 10.4. The summed E-state index contributed by atoms with van der Waals surface area (Å²) in [4.78, 5) is 4.99. The Morgan fingerprint density at radius 1 is 1.04 bits per heavy atom. The summed E-state index contributed by atoms with van der Waals surface area (Å²) in [6, 6.07) is 23.5. The van der Waals surface area contributed by atoms with Gasteiger partial charge in [0, 0.05) is 28.2 Å². The van der Waals surface area contributed by atoms with Crippen LogP contribution in [0, 0.1) is 0 Å². The number of halogens is 1. The lowest BCUT2D eigenvalue weighted by atomic mass is 9.93. The second-order valence-electron chi connectivity index (χ2n) is 6.74. The summed E-state index contributed by atoms with van der Waals surface area (Å²) >= 11 is 3.49. The summed E-state index contributed by atoms with van der Waals surface area (Å²) in [6.45, 7) is 0. The predicted octanol–water partition coefficient (Wildman–Crippen LogP) is 5.39. The van der Waals surface area contributed by atoms with Crippen LogP contribution in [-0.2, 0) is 0 Å². The Morgan fingerprint density at radius 3 is 2.57 bits per heavy atom. The number of para-hydroxylation sites is 1. The zero-order chi connectivity index (χ0) is 19.5. The minimum Gasteiger partial charge on any atom is -0.508 e. The van der Waals surface area contributed by atoms with E-state index in [-0.39, 0.29) is 12.2 Å². The lowest BCUT2D eigenvalue weighted by Crippen LogP contribution is -2.33. The summed E-state index contributed by atoms with van der Waals surface area (Å²) in [7, 11) is 1.67. The van der Waals surface area contributed by atoms with Crippen molar-refractivity contribution >= 4 is 21.6 Å². The van der Waals surface area contributed by atoms with Gasteiger partial charge in [0.15, 0.2) is 0 Å². The van der Waals surface area contributed by atoms with Crippen molar-refractivity contribution in [3.05, 3.63) is 94.0 Å². The van der Waals surface area contributed by atoms with E-state index < -0.39 is 0 Å². The highest BCUT2D eigenvalue weighted by atomic mass is 79.9. The molecule has 0 aromatic heterocycles. The molecule has 142 valence electrons. The van der Waals surface area contributed by atoms with E-state index in [1.54, 1.807) is 13.2 Å². The summed E-state index contributed by atoms with van der Waals surface area (Å²) in [5, 5.41) is 14.0. The van der Waals surface area contributed by atoms with Gasteiger partial charge in [0.2, 0.25) is 0 Å². The molecule has 4 rings (SSSR count). The average molecular weight is 437 g/mol. The molecular formula is C23H21BrN2O2. The maximum Gasteiger partial charge on any atom is 0.126 e. The van der Waals surface area contributed by atoms with Crippen LogP contribution >= 0.6 is 15.9 Å². The van der Waals surface area contributed by atoms with E-state index in [1.165, 1.54) is 0 Å². The molecule has 0 spiro atoms. The third kappa shape index (κ3) is 3.96. The van der Waals surface area contributed by atoms with Gasteiger partial charge < -0.3 is 9.84 Å². The van der Waals surface area contributed by atoms with Crippen LogP contribution in [0.4, 0.5) is 0 Å². The molecule has 1 aliphatic rings. The molecule has 0 saturated heterocycles. The second-order valence-corrected chi connectivity index (χ2v) is 7.66. The van der Waals surface area contributed by atoms with E-state index in [2.05, 4.69) is 33.4 Å². The van der Waals surface area contributed by atoms with Crippen molar-refractivity contribution in [3.63, 3.8) is 0 Å². The number of phenols is 1. The van der Waals surface area contributed by atoms with Crippen LogP contribution in [0.5, 0.6) is 11.5 Å². The fourth-order valence-electron chi connectivity index (χ4n) is 3.48. The number of hydrogen-bond acceptors (Lipinski definition) is 4. The highest BCUT2D eigenvalue weighted by molar-refractivity contribution is 9.10. The van der Waals surface area contributed by atoms with Gasteiger partial charge in [0.25, 0.3) is 0 Å². The second kappa shape index (κ2) is 8.17. The summed E-state index contributed by atoms with van der Waals surface area (Å²) in [5.74, 6) is 1.10. The van der Waals surface area contributed by atoms with Crippen LogP contribution in [0.2, 0.25) is 0 Å². The zero-order valence-electron chi connectivity index (χ0n) is 15.5. The predicted molar refractivity (Wildman–Crippen MR) is 115 cm³/mol. The Labute approximate surface area is 173 Å². The molecule has 28 heavy (non-hydrogen) atoms. The van der Waals surface area contributed by atoms with Gasteiger partial charge in [-0.05, 0) is 41.5 Å². The molecular weight excluding hydrogens is 416 g/mol. The minimum absolute atomic E-state index is 0.0476. The first-order valence-electron chi connectivity index (χ1n) is 9.14. The van der Waals surface area contributed by atoms with Crippen molar-refractivity contribution in [2.75, 3.05) is 7.11 Å². The number of methoxy groups -OCH3 is 1. The normalized spacial score (nSPS) is 19.1. The molecule has 0 unspecified atom stereocenters. The van der Waals surface area contributed by atoms with E-state index in [1.807, 2.05) is 54.6 Å². The van der Waals surface area contributed by atoms with E-state index in [9.17, 15) is 5.11 Å². The zero-order valence-corrected chi connectivity index (χ0v) is 17.1. The minimum atomic E-state index is -0.201. The fraction of sp³-hybridized carbons (Fsp3) is 0.174. The van der Waals surface area contributed by atoms with Gasteiger partial charge in [-0.2, -0.15) is 0 Å². The fourth-order valence-corrected chi connectivity index (χ4v) is 3.75. The highest BCUT2D eigenvalue weighted by Crippen LogP contribution is 2.34. The van der Waals surface area contributed by atoms with Crippen molar-refractivity contribution in [1.82, 2.24) is 5.32 Å². The van der Waals surface area contributed by atoms with Crippen molar-refractivity contribution < 1.29 is 9.84 Å². The number of hydrogen-bond donors (Lipinski definition) is 2. The summed E-state index contributed by atoms with van der Waals surface area (Å²) in [6.07, 6.45) is 0.477. The third-order valence-corrected chi connectivity index (χ3v) is 5.47. The van der Waals surface area contributed by atoms with Gasteiger partial charge in [0.05, 0.1) is 7.11 Å². The number of ether oxygens (including phenoxy) is 1. The molecule has 3 aromatic rings. The number of aliphatic imine (C=N–C) groups is 1. The van der Waals surface area contributed by atoms with E-state index in [4.69, 9.17) is 9.73 Å². The van der Waals surface area contributed by atoms with Crippen molar-refractivity contribution in [1.29, 1.82) is 0 Å². The highest BCUT2D eigenvalue weighted by Gasteiger charge is 2.27. The summed E-state index contributed by atoms with van der Waals surface area (Å²) < 4.78 is 6.41. The monoisotopic (exact) mass is 436 g/mol. The largest absolute Gasteiger partial charge is 0.508 e. The molecule has 1 heterocycles. The van der Waals surface area contributed by atoms with E-state index in [0.29, 0.717) is 12.2 Å². The Bertz CT molecular complexity index is 1000. The quantitative estimate of drug-likeness (QED) is 0.576. The molecule has 0 amide bonds. The molecule has 0 aliphatic carbocycles. The molecule has 1 aliphatic heterocycles. The molecule has 4 nitrogen and oxygen atoms in total. The Balaban J connectivity index is 1.76. The van der Waals surface area contributed by atoms with Crippen LogP contribution in [0.1, 0.15) is 35.3 Å². The van der Waals surface area contributed by atoms with Crippen molar-refractivity contribution in [2.24, 2.45) is 4.99 Å². The van der Waals surface area contributed by atoms with Crippen molar-refractivity contribution in [3.8, 4) is 11.5 Å². The number of benzene rings is 3. The molecule has 3 aromatic carbocycles. The lowest BCUT2D eigenvalue weighted by molar-refractivity contribution is 0.411. The number of nitrogens with one attached hydrogen (secondary N) is 1. The SMILES string of the molecule is COc1cccc(C2=N[C@@H](c3ccc(Br)cc3)N[C@H](c3ccccc3O)C2)c1. The number of phenolic OH excluding ortho intramolecular Hbond substituents is 1. The number of nitrogens with zero attached hydrogens (tertiary/aromatic N) is 1. The molecule has 0 saturated carbocycles. The topological polar surface area (TPSA) is 53.8 Å². The first kappa shape index (κ1) is 18.7. The van der Waals surface area contributed by atoms with E-state index in [0.717, 1.165) is 32.6 Å². The van der Waals surface area contributed by atoms with Crippen LogP contribution in [0.15, 0.2) is 82.3 Å². The standard InChI is InChI=1S/C23H21BrN2O2/c1-28-18-6-4-5-16(13-18)20-14-21(19-7-2-3-8-22(19)27)26-23(25-20)15-9-11-17(24)12-10-15/h2-13,21,23,26-27H,14H2,1H3/t21-,23+/m0/s1.